The SMILES string of the molecule is CCN(CC)S(=O)(=O)c1cc(C(=O)N2CCN(c3cccc([N+](=O)[O-])c3)CC2)ccc1OC. The van der Waals surface area contributed by atoms with Crippen molar-refractivity contribution in [1.82, 2.24) is 9.21 Å². The third kappa shape index (κ3) is 5.09. The second-order valence-electron chi connectivity index (χ2n) is 7.51. The number of carbonyl (C=O) groups is 1. The molecule has 1 saturated heterocycles. The van der Waals surface area contributed by atoms with Crippen LogP contribution in [0.25, 0.3) is 0 Å². The molecule has 0 radical (unpaired) electrons. The Morgan fingerprint density at radius 1 is 1.09 bits per heavy atom. The minimum absolute atomic E-state index is 0.0196. The molecule has 0 saturated carbocycles. The number of amides is 1. The molecule has 0 spiro atoms. The number of sulfonamides is 1. The number of nitro benzene ring substituents is 1. The summed E-state index contributed by atoms with van der Waals surface area (Å²) in [5.74, 6) is -0.0821. The van der Waals surface area contributed by atoms with Crippen LogP contribution in [0.4, 0.5) is 11.4 Å². The maximum absolute atomic E-state index is 13.1. The zero-order chi connectivity index (χ0) is 24.2. The molecule has 178 valence electrons. The molecule has 1 aliphatic rings. The maximum Gasteiger partial charge on any atom is 0.271 e. The molecule has 2 aromatic carbocycles. The number of piperazine rings is 1. The van der Waals surface area contributed by atoms with Crippen LogP contribution in [-0.4, -0.2) is 74.8 Å². The Morgan fingerprint density at radius 2 is 1.76 bits per heavy atom. The quantitative estimate of drug-likeness (QED) is 0.425. The number of benzene rings is 2. The van der Waals surface area contributed by atoms with E-state index in [1.165, 1.54) is 35.7 Å². The van der Waals surface area contributed by atoms with Gasteiger partial charge in [0.2, 0.25) is 10.0 Å². The van der Waals surface area contributed by atoms with E-state index >= 15 is 0 Å². The van der Waals surface area contributed by atoms with Gasteiger partial charge in [-0.2, -0.15) is 4.31 Å². The fourth-order valence-corrected chi connectivity index (χ4v) is 5.51. The van der Waals surface area contributed by atoms with Crippen molar-refractivity contribution in [3.8, 4) is 5.75 Å². The summed E-state index contributed by atoms with van der Waals surface area (Å²) in [4.78, 5) is 27.4. The molecular weight excluding hydrogens is 448 g/mol. The van der Waals surface area contributed by atoms with Crippen LogP contribution in [-0.2, 0) is 10.0 Å². The number of nitrogens with zero attached hydrogens (tertiary/aromatic N) is 4. The van der Waals surface area contributed by atoms with E-state index in [4.69, 9.17) is 4.74 Å². The van der Waals surface area contributed by atoms with Gasteiger partial charge in [-0.25, -0.2) is 8.42 Å². The molecule has 2 aromatic rings. The van der Waals surface area contributed by atoms with Gasteiger partial charge in [-0.05, 0) is 24.3 Å². The number of non-ortho nitro benzene ring substituents is 1. The molecule has 0 unspecified atom stereocenters. The molecule has 0 aliphatic carbocycles. The molecular formula is C22H28N4O6S. The van der Waals surface area contributed by atoms with Gasteiger partial charge < -0.3 is 14.5 Å². The predicted molar refractivity (Wildman–Crippen MR) is 124 cm³/mol. The summed E-state index contributed by atoms with van der Waals surface area (Å²) in [5.41, 5.74) is 1.02. The van der Waals surface area contributed by atoms with Crippen molar-refractivity contribution in [2.45, 2.75) is 18.7 Å². The number of ether oxygens (including phenoxy) is 1. The highest BCUT2D eigenvalue weighted by molar-refractivity contribution is 7.89. The lowest BCUT2D eigenvalue weighted by molar-refractivity contribution is -0.384. The highest BCUT2D eigenvalue weighted by Gasteiger charge is 2.29. The molecule has 33 heavy (non-hydrogen) atoms. The van der Waals surface area contributed by atoms with Crippen molar-refractivity contribution in [3.05, 3.63) is 58.1 Å². The molecule has 0 bridgehead atoms. The van der Waals surface area contributed by atoms with Crippen molar-refractivity contribution in [1.29, 1.82) is 0 Å². The lowest BCUT2D eigenvalue weighted by atomic mass is 10.1. The lowest BCUT2D eigenvalue weighted by Crippen LogP contribution is -2.48. The van der Waals surface area contributed by atoms with E-state index in [1.807, 2.05) is 4.90 Å². The molecule has 3 rings (SSSR count). The predicted octanol–water partition coefficient (Wildman–Crippen LogP) is 2.60. The van der Waals surface area contributed by atoms with Gasteiger partial charge in [0.25, 0.3) is 11.6 Å². The van der Waals surface area contributed by atoms with Crippen LogP contribution in [0.15, 0.2) is 47.4 Å². The fraction of sp³-hybridized carbons (Fsp3) is 0.409. The van der Waals surface area contributed by atoms with Gasteiger partial charge >= 0.3 is 0 Å². The molecule has 1 fully saturated rings. The molecule has 11 heteroatoms. The van der Waals surface area contributed by atoms with Gasteiger partial charge in [-0.3, -0.25) is 14.9 Å². The average molecular weight is 477 g/mol. The Bertz CT molecular complexity index is 1130. The van der Waals surface area contributed by atoms with E-state index < -0.39 is 14.9 Å². The second-order valence-corrected chi connectivity index (χ2v) is 9.42. The van der Waals surface area contributed by atoms with Gasteiger partial charge in [0.05, 0.1) is 12.0 Å². The number of anilines is 1. The molecule has 1 aliphatic heterocycles. The monoisotopic (exact) mass is 476 g/mol. The van der Waals surface area contributed by atoms with E-state index in [0.29, 0.717) is 39.3 Å². The first-order valence-electron chi connectivity index (χ1n) is 10.7. The fourth-order valence-electron chi connectivity index (χ4n) is 3.87. The largest absolute Gasteiger partial charge is 0.495 e. The number of rotatable bonds is 8. The number of carbonyl (C=O) groups excluding carboxylic acids is 1. The lowest BCUT2D eigenvalue weighted by Gasteiger charge is -2.36. The first-order chi connectivity index (χ1) is 15.7. The highest BCUT2D eigenvalue weighted by atomic mass is 32.2. The Balaban J connectivity index is 1.78. The Kier molecular flexibility index (Phi) is 7.54. The molecule has 0 aromatic heterocycles. The number of nitro groups is 1. The van der Waals surface area contributed by atoms with Crippen LogP contribution >= 0.6 is 0 Å². The Hall–Kier alpha value is -3.18. The topological polar surface area (TPSA) is 113 Å². The summed E-state index contributed by atoms with van der Waals surface area (Å²) in [5, 5.41) is 11.0. The van der Waals surface area contributed by atoms with Gasteiger partial charge in [0.15, 0.2) is 0 Å². The van der Waals surface area contributed by atoms with Gasteiger partial charge in [0, 0.05) is 62.7 Å². The van der Waals surface area contributed by atoms with E-state index in [0.717, 1.165) is 5.69 Å². The third-order valence-corrected chi connectivity index (χ3v) is 7.78. The maximum atomic E-state index is 13.1. The summed E-state index contributed by atoms with van der Waals surface area (Å²) >= 11 is 0. The van der Waals surface area contributed by atoms with Crippen LogP contribution in [0.3, 0.4) is 0 Å². The molecule has 1 amide bonds. The summed E-state index contributed by atoms with van der Waals surface area (Å²) < 4.78 is 32.7. The zero-order valence-electron chi connectivity index (χ0n) is 18.9. The molecule has 10 nitrogen and oxygen atoms in total. The van der Waals surface area contributed by atoms with Crippen molar-refractivity contribution < 1.29 is 22.9 Å². The van der Waals surface area contributed by atoms with E-state index in [-0.39, 0.29) is 27.8 Å². The van der Waals surface area contributed by atoms with Crippen LogP contribution in [0, 0.1) is 10.1 Å². The zero-order valence-corrected chi connectivity index (χ0v) is 19.7. The second kappa shape index (κ2) is 10.2. The summed E-state index contributed by atoms with van der Waals surface area (Å²) in [6, 6.07) is 10.8. The van der Waals surface area contributed by atoms with E-state index in [9.17, 15) is 23.3 Å². The van der Waals surface area contributed by atoms with Crippen LogP contribution < -0.4 is 9.64 Å². The van der Waals surface area contributed by atoms with Gasteiger partial charge in [-0.1, -0.05) is 19.9 Å². The summed E-state index contributed by atoms with van der Waals surface area (Å²) in [6.45, 7) is 5.95. The minimum atomic E-state index is -3.81. The van der Waals surface area contributed by atoms with E-state index in [1.54, 1.807) is 36.9 Å². The highest BCUT2D eigenvalue weighted by Crippen LogP contribution is 2.29. The Morgan fingerprint density at radius 3 is 2.33 bits per heavy atom. The third-order valence-electron chi connectivity index (χ3n) is 5.71. The van der Waals surface area contributed by atoms with Crippen LogP contribution in [0.1, 0.15) is 24.2 Å². The number of hydrogen-bond acceptors (Lipinski definition) is 7. The van der Waals surface area contributed by atoms with Crippen LogP contribution in [0.2, 0.25) is 0 Å². The standard InChI is InChI=1S/C22H28N4O6S/c1-4-25(5-2)33(30,31)21-15-17(9-10-20(21)32-3)22(27)24-13-11-23(12-14-24)18-7-6-8-19(16-18)26(28)29/h6-10,15-16H,4-5,11-14H2,1-3H3. The van der Waals surface area contributed by atoms with Gasteiger partial charge in [-0.15, -0.1) is 0 Å². The van der Waals surface area contributed by atoms with Gasteiger partial charge in [0.1, 0.15) is 10.6 Å². The normalized spacial score (nSPS) is 14.4. The van der Waals surface area contributed by atoms with Crippen molar-refractivity contribution in [2.75, 3.05) is 51.3 Å². The van der Waals surface area contributed by atoms with Crippen molar-refractivity contribution in [2.24, 2.45) is 0 Å². The van der Waals surface area contributed by atoms with Crippen LogP contribution in [0.5, 0.6) is 5.75 Å². The van der Waals surface area contributed by atoms with E-state index in [2.05, 4.69) is 0 Å². The summed E-state index contributed by atoms with van der Waals surface area (Å²) in [7, 11) is -2.42. The molecule has 1 heterocycles. The first kappa shape index (κ1) is 24.5. The smallest absolute Gasteiger partial charge is 0.271 e. The molecule has 0 atom stereocenters. The summed E-state index contributed by atoms with van der Waals surface area (Å²) in [6.07, 6.45) is 0. The first-order valence-corrected chi connectivity index (χ1v) is 12.1. The molecule has 0 N–H and O–H groups in total. The van der Waals surface area contributed by atoms with Crippen molar-refractivity contribution in [3.63, 3.8) is 0 Å². The number of methoxy groups -OCH3 is 1. The number of hydrogen-bond donors (Lipinski definition) is 0. The minimum Gasteiger partial charge on any atom is -0.495 e. The average Bonchev–Trinajstić information content (AvgIpc) is 2.84. The Labute approximate surface area is 193 Å². The van der Waals surface area contributed by atoms with Crippen molar-refractivity contribution >= 4 is 27.3 Å².